The lowest BCUT2D eigenvalue weighted by Crippen LogP contribution is -2.32. The zero-order valence-electron chi connectivity index (χ0n) is 10.4. The highest BCUT2D eigenvalue weighted by atomic mass is 79.9. The molecular formula is C12H15BrN2O4. The van der Waals surface area contributed by atoms with Crippen LogP contribution in [0.4, 0.5) is 10.5 Å². The minimum Gasteiger partial charge on any atom is -0.480 e. The minimum atomic E-state index is -1.03. The SMILES string of the molecule is Cc1cccc(NC(=O)NCCOCC(=O)O)c1Br. The maximum absolute atomic E-state index is 11.6. The van der Waals surface area contributed by atoms with Crippen molar-refractivity contribution < 1.29 is 19.4 Å². The summed E-state index contributed by atoms with van der Waals surface area (Å²) in [6.07, 6.45) is 0. The number of anilines is 1. The molecule has 19 heavy (non-hydrogen) atoms. The highest BCUT2D eigenvalue weighted by Gasteiger charge is 2.06. The van der Waals surface area contributed by atoms with Crippen molar-refractivity contribution in [1.82, 2.24) is 5.32 Å². The van der Waals surface area contributed by atoms with Gasteiger partial charge in [0.15, 0.2) is 0 Å². The molecule has 0 bridgehead atoms. The predicted octanol–water partition coefficient (Wildman–Crippen LogP) is 1.98. The lowest BCUT2D eigenvalue weighted by atomic mass is 10.2. The van der Waals surface area contributed by atoms with Crippen molar-refractivity contribution in [3.63, 3.8) is 0 Å². The molecule has 0 fully saturated rings. The van der Waals surface area contributed by atoms with Crippen LogP contribution in [-0.2, 0) is 9.53 Å². The number of amides is 2. The molecule has 2 amide bonds. The zero-order valence-corrected chi connectivity index (χ0v) is 12.0. The molecule has 0 saturated heterocycles. The molecule has 0 aromatic heterocycles. The standard InChI is InChI=1S/C12H15BrN2O4/c1-8-3-2-4-9(11(8)13)15-12(18)14-5-6-19-7-10(16)17/h2-4H,5-7H2,1H3,(H,16,17)(H2,14,15,18). The average Bonchev–Trinajstić information content (AvgIpc) is 2.34. The predicted molar refractivity (Wildman–Crippen MR) is 74.4 cm³/mol. The summed E-state index contributed by atoms with van der Waals surface area (Å²) in [5.74, 6) is -1.03. The van der Waals surface area contributed by atoms with Crippen LogP contribution in [0.3, 0.4) is 0 Å². The maximum atomic E-state index is 11.6. The summed E-state index contributed by atoms with van der Waals surface area (Å²) < 4.78 is 5.61. The van der Waals surface area contributed by atoms with Crippen LogP contribution < -0.4 is 10.6 Å². The van der Waals surface area contributed by atoms with E-state index in [0.717, 1.165) is 10.0 Å². The average molecular weight is 331 g/mol. The molecule has 0 aliphatic rings. The number of carboxylic acids is 1. The summed E-state index contributed by atoms with van der Waals surface area (Å²) in [4.78, 5) is 21.7. The number of ether oxygens (including phenoxy) is 1. The second-order valence-corrected chi connectivity index (χ2v) is 4.56. The highest BCUT2D eigenvalue weighted by Crippen LogP contribution is 2.25. The van der Waals surface area contributed by atoms with E-state index in [1.165, 1.54) is 0 Å². The molecule has 104 valence electrons. The normalized spacial score (nSPS) is 10.0. The van der Waals surface area contributed by atoms with Crippen molar-refractivity contribution in [2.24, 2.45) is 0 Å². The third-order valence-electron chi connectivity index (χ3n) is 2.20. The Kier molecular flexibility index (Phi) is 6.31. The quantitative estimate of drug-likeness (QED) is 0.696. The van der Waals surface area contributed by atoms with Gasteiger partial charge in [-0.3, -0.25) is 0 Å². The number of nitrogens with one attached hydrogen (secondary N) is 2. The molecule has 1 aromatic carbocycles. The molecule has 0 unspecified atom stereocenters. The molecule has 3 N–H and O–H groups in total. The van der Waals surface area contributed by atoms with Gasteiger partial charge in [-0.2, -0.15) is 0 Å². The number of hydrogen-bond donors (Lipinski definition) is 3. The van der Waals surface area contributed by atoms with E-state index < -0.39 is 5.97 Å². The second-order valence-electron chi connectivity index (χ2n) is 3.76. The molecule has 0 spiro atoms. The first-order chi connectivity index (χ1) is 9.00. The van der Waals surface area contributed by atoms with Gasteiger partial charge in [-0.15, -0.1) is 0 Å². The number of rotatable bonds is 6. The molecule has 7 heteroatoms. The largest absolute Gasteiger partial charge is 0.480 e. The molecule has 0 heterocycles. The van der Waals surface area contributed by atoms with Crippen LogP contribution in [0.5, 0.6) is 0 Å². The molecule has 0 aliphatic carbocycles. The number of carbonyl (C=O) groups is 2. The van der Waals surface area contributed by atoms with Crippen LogP contribution >= 0.6 is 15.9 Å². The van der Waals surface area contributed by atoms with Crippen molar-refractivity contribution in [2.75, 3.05) is 25.1 Å². The van der Waals surface area contributed by atoms with E-state index in [1.54, 1.807) is 6.07 Å². The second kappa shape index (κ2) is 7.75. The van der Waals surface area contributed by atoms with E-state index in [-0.39, 0.29) is 25.8 Å². The first-order valence-corrected chi connectivity index (χ1v) is 6.39. The Bertz CT molecular complexity index is 465. The smallest absolute Gasteiger partial charge is 0.329 e. The van der Waals surface area contributed by atoms with E-state index in [2.05, 4.69) is 26.6 Å². The lowest BCUT2D eigenvalue weighted by molar-refractivity contribution is -0.142. The van der Waals surface area contributed by atoms with Gasteiger partial charge in [-0.1, -0.05) is 12.1 Å². The topological polar surface area (TPSA) is 87.7 Å². The van der Waals surface area contributed by atoms with E-state index in [0.29, 0.717) is 5.69 Å². The van der Waals surface area contributed by atoms with Crippen LogP contribution in [0.25, 0.3) is 0 Å². The van der Waals surface area contributed by atoms with Crippen molar-refractivity contribution in [3.05, 3.63) is 28.2 Å². The molecule has 0 atom stereocenters. The Morgan fingerprint density at radius 3 is 2.84 bits per heavy atom. The summed E-state index contributed by atoms with van der Waals surface area (Å²) in [5.41, 5.74) is 1.69. The summed E-state index contributed by atoms with van der Waals surface area (Å²) in [5, 5.41) is 13.6. The van der Waals surface area contributed by atoms with Crippen LogP contribution in [0.2, 0.25) is 0 Å². The number of aliphatic carboxylic acids is 1. The Morgan fingerprint density at radius 2 is 2.16 bits per heavy atom. The molecule has 6 nitrogen and oxygen atoms in total. The molecule has 0 radical (unpaired) electrons. The van der Waals surface area contributed by atoms with Gasteiger partial charge in [0, 0.05) is 11.0 Å². The Balaban J connectivity index is 2.31. The van der Waals surface area contributed by atoms with Gasteiger partial charge in [-0.25, -0.2) is 9.59 Å². The first kappa shape index (κ1) is 15.5. The fourth-order valence-corrected chi connectivity index (χ4v) is 1.67. The fourth-order valence-electron chi connectivity index (χ4n) is 1.31. The van der Waals surface area contributed by atoms with Crippen LogP contribution in [0, 0.1) is 6.92 Å². The van der Waals surface area contributed by atoms with Gasteiger partial charge < -0.3 is 20.5 Å². The number of aryl methyl sites for hydroxylation is 1. The third kappa shape index (κ3) is 5.71. The Morgan fingerprint density at radius 1 is 1.42 bits per heavy atom. The van der Waals surface area contributed by atoms with Gasteiger partial charge >= 0.3 is 12.0 Å². The van der Waals surface area contributed by atoms with Crippen molar-refractivity contribution in [1.29, 1.82) is 0 Å². The minimum absolute atomic E-state index is 0.148. The van der Waals surface area contributed by atoms with Gasteiger partial charge in [0.2, 0.25) is 0 Å². The number of carboxylic acid groups (broad SMARTS) is 1. The Hall–Kier alpha value is -1.60. The molecule has 1 aromatic rings. The highest BCUT2D eigenvalue weighted by molar-refractivity contribution is 9.10. The van der Waals surface area contributed by atoms with Crippen molar-refractivity contribution >= 4 is 33.6 Å². The number of carbonyl (C=O) groups excluding carboxylic acids is 1. The van der Waals surface area contributed by atoms with Crippen LogP contribution in [-0.4, -0.2) is 36.9 Å². The monoisotopic (exact) mass is 330 g/mol. The third-order valence-corrected chi connectivity index (χ3v) is 3.25. The first-order valence-electron chi connectivity index (χ1n) is 5.60. The van der Waals surface area contributed by atoms with E-state index >= 15 is 0 Å². The van der Waals surface area contributed by atoms with E-state index in [9.17, 15) is 9.59 Å². The summed E-state index contributed by atoms with van der Waals surface area (Å²) >= 11 is 3.39. The van der Waals surface area contributed by atoms with Gasteiger partial charge in [0.25, 0.3) is 0 Å². The number of urea groups is 1. The fraction of sp³-hybridized carbons (Fsp3) is 0.333. The maximum Gasteiger partial charge on any atom is 0.329 e. The molecule has 0 aliphatic heterocycles. The number of hydrogen-bond acceptors (Lipinski definition) is 3. The lowest BCUT2D eigenvalue weighted by Gasteiger charge is -2.10. The Labute approximate surface area is 119 Å². The van der Waals surface area contributed by atoms with Crippen molar-refractivity contribution in [2.45, 2.75) is 6.92 Å². The van der Waals surface area contributed by atoms with Crippen molar-refractivity contribution in [3.8, 4) is 0 Å². The summed E-state index contributed by atoms with van der Waals surface area (Å²) in [7, 11) is 0. The van der Waals surface area contributed by atoms with Gasteiger partial charge in [0.05, 0.1) is 12.3 Å². The molecule has 1 rings (SSSR count). The summed E-state index contributed by atoms with van der Waals surface area (Å²) in [6.45, 7) is 1.94. The zero-order chi connectivity index (χ0) is 14.3. The number of benzene rings is 1. The van der Waals surface area contributed by atoms with E-state index in [4.69, 9.17) is 9.84 Å². The van der Waals surface area contributed by atoms with Crippen LogP contribution in [0.1, 0.15) is 5.56 Å². The van der Waals surface area contributed by atoms with E-state index in [1.807, 2.05) is 19.1 Å². The summed E-state index contributed by atoms with van der Waals surface area (Å²) in [6, 6.07) is 5.17. The van der Waals surface area contributed by atoms with Crippen LogP contribution in [0.15, 0.2) is 22.7 Å². The number of halogens is 1. The van der Waals surface area contributed by atoms with Gasteiger partial charge in [0.1, 0.15) is 6.61 Å². The van der Waals surface area contributed by atoms with Gasteiger partial charge in [-0.05, 0) is 34.5 Å². The molecular weight excluding hydrogens is 316 g/mol. The molecule has 0 saturated carbocycles.